The minimum absolute atomic E-state index is 1.02. The number of allylic oxidation sites excluding steroid dienone is 3. The highest BCUT2D eigenvalue weighted by molar-refractivity contribution is 5.94. The van der Waals surface area contributed by atoms with Crippen LogP contribution < -0.4 is 0 Å². The Morgan fingerprint density at radius 2 is 2.25 bits per heavy atom. The third-order valence-corrected chi connectivity index (χ3v) is 1.75. The van der Waals surface area contributed by atoms with Gasteiger partial charge in [0.15, 0.2) is 0 Å². The van der Waals surface area contributed by atoms with Crippen molar-refractivity contribution < 1.29 is 4.84 Å². The number of unbranched alkanes of at least 4 members (excludes halogenated alkanes) is 2. The lowest BCUT2D eigenvalue weighted by Gasteiger charge is -1.97. The van der Waals surface area contributed by atoms with E-state index in [0.29, 0.717) is 0 Å². The van der Waals surface area contributed by atoms with Crippen LogP contribution in [0.3, 0.4) is 0 Å². The molecule has 0 aliphatic carbocycles. The molecule has 0 amide bonds. The molecule has 2 nitrogen and oxygen atoms in total. The van der Waals surface area contributed by atoms with Gasteiger partial charge < -0.3 is 4.84 Å². The fourth-order valence-corrected chi connectivity index (χ4v) is 1.06. The summed E-state index contributed by atoms with van der Waals surface area (Å²) in [6.45, 7) is 2.20. The van der Waals surface area contributed by atoms with Gasteiger partial charge in [0.05, 0.1) is 5.71 Å². The molecule has 1 aliphatic heterocycles. The van der Waals surface area contributed by atoms with Crippen LogP contribution >= 0.6 is 0 Å². The molecule has 1 heterocycles. The quantitative estimate of drug-likeness (QED) is 0.587. The normalized spacial score (nSPS) is 15.2. The first kappa shape index (κ1) is 9.04. The maximum Gasteiger partial charge on any atom is 0.122 e. The minimum Gasteiger partial charge on any atom is -0.365 e. The largest absolute Gasteiger partial charge is 0.365 e. The molecule has 0 spiro atoms. The van der Waals surface area contributed by atoms with Crippen LogP contribution in [0.5, 0.6) is 0 Å². The summed E-state index contributed by atoms with van der Waals surface area (Å²) in [6.07, 6.45) is 12.1. The smallest absolute Gasteiger partial charge is 0.122 e. The molecule has 0 atom stereocenters. The summed E-state index contributed by atoms with van der Waals surface area (Å²) in [7, 11) is 0. The van der Waals surface area contributed by atoms with Crippen LogP contribution in [-0.4, -0.2) is 5.71 Å². The highest BCUT2D eigenvalue weighted by Crippen LogP contribution is 2.04. The van der Waals surface area contributed by atoms with Gasteiger partial charge in [0, 0.05) is 0 Å². The van der Waals surface area contributed by atoms with Crippen molar-refractivity contribution in [1.82, 2.24) is 0 Å². The molecular formula is C10H15NO. The van der Waals surface area contributed by atoms with Crippen molar-refractivity contribution in [2.45, 2.75) is 32.6 Å². The lowest BCUT2D eigenvalue weighted by molar-refractivity contribution is 0.268. The topological polar surface area (TPSA) is 21.6 Å². The Balaban J connectivity index is 2.27. The second-order valence-electron chi connectivity index (χ2n) is 2.83. The van der Waals surface area contributed by atoms with Crippen LogP contribution in [-0.2, 0) is 4.84 Å². The molecule has 0 aromatic rings. The Bertz CT molecular complexity index is 204. The van der Waals surface area contributed by atoms with Gasteiger partial charge in [0.25, 0.3) is 0 Å². The number of nitrogens with zero attached hydrogens (tertiary/aromatic N) is 1. The van der Waals surface area contributed by atoms with E-state index in [1.807, 2.05) is 18.2 Å². The lowest BCUT2D eigenvalue weighted by atomic mass is 10.1. The summed E-state index contributed by atoms with van der Waals surface area (Å²) in [5, 5.41) is 3.94. The molecule has 12 heavy (non-hydrogen) atoms. The van der Waals surface area contributed by atoms with Crippen molar-refractivity contribution in [2.24, 2.45) is 5.16 Å². The summed E-state index contributed by atoms with van der Waals surface area (Å²) < 4.78 is 0. The summed E-state index contributed by atoms with van der Waals surface area (Å²) in [5.41, 5.74) is 1.04. The van der Waals surface area contributed by atoms with Crippen LogP contribution in [0.4, 0.5) is 0 Å². The first-order valence-electron chi connectivity index (χ1n) is 4.49. The molecule has 66 valence electrons. The summed E-state index contributed by atoms with van der Waals surface area (Å²) in [4.78, 5) is 4.88. The molecule has 0 saturated heterocycles. The number of rotatable bonds is 4. The first-order valence-corrected chi connectivity index (χ1v) is 4.49. The molecule has 0 saturated carbocycles. The van der Waals surface area contributed by atoms with E-state index < -0.39 is 0 Å². The van der Waals surface area contributed by atoms with Crippen LogP contribution in [0.1, 0.15) is 32.6 Å². The van der Waals surface area contributed by atoms with E-state index in [2.05, 4.69) is 12.1 Å². The van der Waals surface area contributed by atoms with E-state index in [1.165, 1.54) is 19.3 Å². The highest BCUT2D eigenvalue weighted by Gasteiger charge is 1.96. The Morgan fingerprint density at radius 3 is 3.08 bits per heavy atom. The van der Waals surface area contributed by atoms with Crippen LogP contribution in [0.25, 0.3) is 0 Å². The summed E-state index contributed by atoms with van der Waals surface area (Å²) in [6, 6.07) is 0. The van der Waals surface area contributed by atoms with Crippen molar-refractivity contribution in [2.75, 3.05) is 0 Å². The lowest BCUT2D eigenvalue weighted by Crippen LogP contribution is -1.93. The zero-order valence-electron chi connectivity index (χ0n) is 7.49. The molecule has 0 N–H and O–H groups in total. The van der Waals surface area contributed by atoms with Gasteiger partial charge >= 0.3 is 0 Å². The maximum atomic E-state index is 4.88. The molecule has 0 aromatic heterocycles. The summed E-state index contributed by atoms with van der Waals surface area (Å²) >= 11 is 0. The second kappa shape index (κ2) is 5.58. The number of hydrogen-bond acceptors (Lipinski definition) is 2. The Hall–Kier alpha value is -1.05. The number of oxime groups is 1. The average Bonchev–Trinajstić information content (AvgIpc) is 2.33. The van der Waals surface area contributed by atoms with Gasteiger partial charge in [0.1, 0.15) is 6.26 Å². The standard InChI is InChI=1S/C10H15NO/c1-2-3-4-7-10-8-5-6-9-12-11-10/h5-6,8-9H,2-4,7H2,1H3. The Morgan fingerprint density at radius 1 is 1.33 bits per heavy atom. The fraction of sp³-hybridized carbons (Fsp3) is 0.500. The molecule has 0 aromatic carbocycles. The van der Waals surface area contributed by atoms with E-state index in [1.54, 1.807) is 6.26 Å². The molecular weight excluding hydrogens is 150 g/mol. The zero-order chi connectivity index (χ0) is 8.65. The predicted molar refractivity (Wildman–Crippen MR) is 50.9 cm³/mol. The Kier molecular flexibility index (Phi) is 4.21. The van der Waals surface area contributed by atoms with Crippen molar-refractivity contribution >= 4 is 5.71 Å². The fourth-order valence-electron chi connectivity index (χ4n) is 1.06. The van der Waals surface area contributed by atoms with Gasteiger partial charge in [-0.2, -0.15) is 0 Å². The molecule has 0 radical (unpaired) electrons. The van der Waals surface area contributed by atoms with Crippen molar-refractivity contribution in [1.29, 1.82) is 0 Å². The van der Waals surface area contributed by atoms with Crippen molar-refractivity contribution in [3.63, 3.8) is 0 Å². The van der Waals surface area contributed by atoms with Crippen LogP contribution in [0.15, 0.2) is 29.6 Å². The predicted octanol–water partition coefficient (Wildman–Crippen LogP) is 3.02. The van der Waals surface area contributed by atoms with Gasteiger partial charge in [0.2, 0.25) is 0 Å². The SMILES string of the molecule is CCCCCC1=NOC=CC=C1. The number of hydrogen-bond donors (Lipinski definition) is 0. The molecule has 1 aliphatic rings. The van der Waals surface area contributed by atoms with Crippen LogP contribution in [0, 0.1) is 0 Å². The first-order chi connectivity index (χ1) is 5.93. The van der Waals surface area contributed by atoms with Crippen molar-refractivity contribution in [3.05, 3.63) is 24.5 Å². The molecule has 0 fully saturated rings. The van der Waals surface area contributed by atoms with E-state index >= 15 is 0 Å². The van der Waals surface area contributed by atoms with Crippen molar-refractivity contribution in [3.8, 4) is 0 Å². The van der Waals surface area contributed by atoms with E-state index in [0.717, 1.165) is 12.1 Å². The van der Waals surface area contributed by atoms with Gasteiger partial charge in [-0.1, -0.05) is 31.0 Å². The third-order valence-electron chi connectivity index (χ3n) is 1.75. The molecule has 1 rings (SSSR count). The third kappa shape index (κ3) is 3.37. The molecule has 0 unspecified atom stereocenters. The van der Waals surface area contributed by atoms with Gasteiger partial charge in [-0.3, -0.25) is 0 Å². The van der Waals surface area contributed by atoms with Crippen LogP contribution in [0.2, 0.25) is 0 Å². The second-order valence-corrected chi connectivity index (χ2v) is 2.83. The minimum atomic E-state index is 1.02. The van der Waals surface area contributed by atoms with E-state index in [9.17, 15) is 0 Å². The molecule has 0 bridgehead atoms. The maximum absolute atomic E-state index is 4.88. The zero-order valence-corrected chi connectivity index (χ0v) is 7.49. The van der Waals surface area contributed by atoms with E-state index in [-0.39, 0.29) is 0 Å². The highest BCUT2D eigenvalue weighted by atomic mass is 16.6. The average molecular weight is 165 g/mol. The molecule has 2 heteroatoms. The van der Waals surface area contributed by atoms with Gasteiger partial charge in [-0.25, -0.2) is 0 Å². The van der Waals surface area contributed by atoms with Gasteiger partial charge in [-0.05, 0) is 25.0 Å². The van der Waals surface area contributed by atoms with E-state index in [4.69, 9.17) is 4.84 Å². The summed E-state index contributed by atoms with van der Waals surface area (Å²) in [5.74, 6) is 0. The Labute approximate surface area is 73.6 Å². The van der Waals surface area contributed by atoms with Gasteiger partial charge in [-0.15, -0.1) is 0 Å². The monoisotopic (exact) mass is 165 g/mol.